The second kappa shape index (κ2) is 6.42. The fraction of sp³-hybridized carbons (Fsp3) is 0. The number of hydrogen-bond donors (Lipinski definition) is 2. The molecule has 3 nitrogen and oxygen atoms in total. The lowest BCUT2D eigenvalue weighted by atomic mass is 10.0. The van der Waals surface area contributed by atoms with Crippen molar-refractivity contribution < 1.29 is 10.2 Å². The zero-order valence-electron chi connectivity index (χ0n) is 13.1. The summed E-state index contributed by atoms with van der Waals surface area (Å²) in [6, 6.07) is 14.8. The van der Waals surface area contributed by atoms with E-state index in [1.54, 1.807) is 30.5 Å². The summed E-state index contributed by atoms with van der Waals surface area (Å²) in [5.41, 5.74) is 2.39. The molecule has 0 amide bonds. The van der Waals surface area contributed by atoms with Gasteiger partial charge in [0.1, 0.15) is 17.2 Å². The first-order valence-electron chi connectivity index (χ1n) is 7.51. The van der Waals surface area contributed by atoms with Gasteiger partial charge in [-0.05, 0) is 28.5 Å². The minimum absolute atomic E-state index is 0.0402. The quantitative estimate of drug-likeness (QED) is 0.643. The van der Waals surface area contributed by atoms with Gasteiger partial charge in [-0.3, -0.25) is 4.99 Å². The van der Waals surface area contributed by atoms with Gasteiger partial charge in [-0.15, -0.1) is 0 Å². The first-order valence-corrected chi connectivity index (χ1v) is 7.51. The van der Waals surface area contributed by atoms with Gasteiger partial charge in [-0.25, -0.2) is 0 Å². The van der Waals surface area contributed by atoms with Gasteiger partial charge in [0.25, 0.3) is 0 Å². The Morgan fingerprint density at radius 2 is 1.62 bits per heavy atom. The van der Waals surface area contributed by atoms with E-state index >= 15 is 0 Å². The van der Waals surface area contributed by atoms with Gasteiger partial charge < -0.3 is 10.2 Å². The van der Waals surface area contributed by atoms with Crippen LogP contribution < -0.4 is 0 Å². The van der Waals surface area contributed by atoms with Gasteiger partial charge in [-0.1, -0.05) is 61.7 Å². The third kappa shape index (κ3) is 2.68. The smallest absolute Gasteiger partial charge is 0.148 e. The van der Waals surface area contributed by atoms with Crippen molar-refractivity contribution in [2.24, 2.45) is 4.99 Å². The Balaban J connectivity index is 2.11. The number of hydrogen-bond acceptors (Lipinski definition) is 3. The van der Waals surface area contributed by atoms with E-state index in [0.29, 0.717) is 16.8 Å². The predicted octanol–water partition coefficient (Wildman–Crippen LogP) is 5.29. The molecule has 0 spiro atoms. The highest BCUT2D eigenvalue weighted by Gasteiger charge is 2.09. The van der Waals surface area contributed by atoms with Crippen molar-refractivity contribution in [1.82, 2.24) is 0 Å². The van der Waals surface area contributed by atoms with Crippen LogP contribution in [0.2, 0.25) is 0 Å². The highest BCUT2D eigenvalue weighted by atomic mass is 16.3. The van der Waals surface area contributed by atoms with Gasteiger partial charge in [0.05, 0.1) is 0 Å². The number of phenols is 2. The van der Waals surface area contributed by atoms with Crippen molar-refractivity contribution in [3.63, 3.8) is 0 Å². The number of rotatable bonds is 4. The van der Waals surface area contributed by atoms with Crippen molar-refractivity contribution in [3.05, 3.63) is 78.4 Å². The highest BCUT2D eigenvalue weighted by Crippen LogP contribution is 2.34. The molecule has 24 heavy (non-hydrogen) atoms. The van der Waals surface area contributed by atoms with Crippen LogP contribution in [0.5, 0.6) is 11.5 Å². The first-order chi connectivity index (χ1) is 11.7. The van der Waals surface area contributed by atoms with E-state index in [2.05, 4.69) is 18.2 Å². The molecular formula is C21H17NO2. The molecule has 3 aromatic rings. The summed E-state index contributed by atoms with van der Waals surface area (Å²) in [5.74, 6) is 0.182. The second-order valence-corrected chi connectivity index (χ2v) is 5.32. The minimum atomic E-state index is 0.0402. The molecule has 0 aliphatic rings. The summed E-state index contributed by atoms with van der Waals surface area (Å²) < 4.78 is 0. The number of aromatic hydroxyl groups is 2. The molecule has 3 aromatic carbocycles. The highest BCUT2D eigenvalue weighted by molar-refractivity contribution is 6.03. The lowest BCUT2D eigenvalue weighted by Crippen LogP contribution is -1.87. The largest absolute Gasteiger partial charge is 0.507 e. The Morgan fingerprint density at radius 3 is 2.38 bits per heavy atom. The molecule has 0 aromatic heterocycles. The molecule has 3 heteroatoms. The van der Waals surface area contributed by atoms with Crippen LogP contribution in [-0.2, 0) is 0 Å². The molecule has 0 aliphatic heterocycles. The number of nitrogens with zero attached hydrogens (tertiary/aromatic N) is 1. The molecule has 0 radical (unpaired) electrons. The van der Waals surface area contributed by atoms with Crippen LogP contribution in [0.25, 0.3) is 22.9 Å². The number of fused-ring (bicyclic) bond motifs is 1. The van der Waals surface area contributed by atoms with Crippen LogP contribution in [0, 0.1) is 0 Å². The van der Waals surface area contributed by atoms with Crippen LogP contribution in [0.4, 0.5) is 5.69 Å². The van der Waals surface area contributed by atoms with Gasteiger partial charge in [0, 0.05) is 17.3 Å². The monoisotopic (exact) mass is 315 g/mol. The zero-order chi connectivity index (χ0) is 17.1. The molecule has 2 N–H and O–H groups in total. The Morgan fingerprint density at radius 1 is 0.833 bits per heavy atom. The zero-order valence-corrected chi connectivity index (χ0v) is 13.1. The maximum atomic E-state index is 10.4. The SMILES string of the molecule is C=Cc1ccc(N=Cc2c(O)ccc3ccccc23)c(O)c1C=C. The lowest BCUT2D eigenvalue weighted by Gasteiger charge is -2.08. The van der Waals surface area contributed by atoms with E-state index in [1.807, 2.05) is 36.4 Å². The third-order valence-electron chi connectivity index (χ3n) is 3.93. The summed E-state index contributed by atoms with van der Waals surface area (Å²) in [7, 11) is 0. The molecule has 3 rings (SSSR count). The minimum Gasteiger partial charge on any atom is -0.507 e. The predicted molar refractivity (Wildman–Crippen MR) is 101 cm³/mol. The number of benzene rings is 3. The van der Waals surface area contributed by atoms with Crippen LogP contribution in [0.15, 0.2) is 66.7 Å². The first kappa shape index (κ1) is 15.6. The molecule has 0 bridgehead atoms. The molecule has 0 aliphatic carbocycles. The van der Waals surface area contributed by atoms with Crippen LogP contribution >= 0.6 is 0 Å². The number of phenolic OH excluding ortho intramolecular Hbond substituents is 2. The Kier molecular flexibility index (Phi) is 4.17. The average molecular weight is 315 g/mol. The van der Waals surface area contributed by atoms with Gasteiger partial charge in [0.2, 0.25) is 0 Å². The molecule has 0 atom stereocenters. The van der Waals surface area contributed by atoms with Crippen molar-refractivity contribution in [2.75, 3.05) is 0 Å². The molecule has 0 saturated carbocycles. The van der Waals surface area contributed by atoms with E-state index in [-0.39, 0.29) is 11.5 Å². The number of aliphatic imine (C=N–C) groups is 1. The lowest BCUT2D eigenvalue weighted by molar-refractivity contribution is 0.474. The Hall–Kier alpha value is -3.33. The maximum absolute atomic E-state index is 10.4. The maximum Gasteiger partial charge on any atom is 0.148 e. The van der Waals surface area contributed by atoms with Crippen molar-refractivity contribution in [2.45, 2.75) is 0 Å². The molecule has 0 unspecified atom stereocenters. The van der Waals surface area contributed by atoms with Crippen molar-refractivity contribution in [1.29, 1.82) is 0 Å². The van der Waals surface area contributed by atoms with Crippen molar-refractivity contribution in [3.8, 4) is 11.5 Å². The summed E-state index contributed by atoms with van der Waals surface area (Å²) >= 11 is 0. The molecular weight excluding hydrogens is 298 g/mol. The van der Waals surface area contributed by atoms with Gasteiger partial charge in [0.15, 0.2) is 0 Å². The van der Waals surface area contributed by atoms with Crippen molar-refractivity contribution >= 4 is 34.8 Å². The second-order valence-electron chi connectivity index (χ2n) is 5.32. The van der Waals surface area contributed by atoms with Crippen LogP contribution in [-0.4, -0.2) is 16.4 Å². The summed E-state index contributed by atoms with van der Waals surface area (Å²) in [6.45, 7) is 7.43. The fourth-order valence-electron chi connectivity index (χ4n) is 2.66. The summed E-state index contributed by atoms with van der Waals surface area (Å²) in [4.78, 5) is 4.35. The van der Waals surface area contributed by atoms with E-state index < -0.39 is 0 Å². The topological polar surface area (TPSA) is 52.8 Å². The Bertz CT molecular complexity index is 971. The normalized spacial score (nSPS) is 11.0. The van der Waals surface area contributed by atoms with E-state index in [1.165, 1.54) is 0 Å². The fourth-order valence-corrected chi connectivity index (χ4v) is 2.66. The van der Waals surface area contributed by atoms with Gasteiger partial charge in [-0.2, -0.15) is 0 Å². The Labute approximate surface area is 140 Å². The molecule has 0 saturated heterocycles. The average Bonchev–Trinajstić information content (AvgIpc) is 2.61. The standard InChI is InChI=1S/C21H17NO2/c1-3-14-9-11-19(21(24)16(14)4-2)22-13-18-17-8-6-5-7-15(17)10-12-20(18)23/h3-13,23-24H,1-2H2. The third-order valence-corrected chi connectivity index (χ3v) is 3.93. The molecule has 0 fully saturated rings. The van der Waals surface area contributed by atoms with E-state index in [4.69, 9.17) is 0 Å². The summed E-state index contributed by atoms with van der Waals surface area (Å²) in [5, 5.41) is 22.4. The molecule has 118 valence electrons. The van der Waals surface area contributed by atoms with Crippen LogP contribution in [0.3, 0.4) is 0 Å². The van der Waals surface area contributed by atoms with E-state index in [0.717, 1.165) is 16.3 Å². The van der Waals surface area contributed by atoms with Gasteiger partial charge >= 0.3 is 0 Å². The summed E-state index contributed by atoms with van der Waals surface area (Å²) in [6.07, 6.45) is 4.79. The van der Waals surface area contributed by atoms with E-state index in [9.17, 15) is 10.2 Å². The van der Waals surface area contributed by atoms with Crippen LogP contribution in [0.1, 0.15) is 16.7 Å². The molecule has 0 heterocycles.